The van der Waals surface area contributed by atoms with E-state index in [-0.39, 0.29) is 29.3 Å². The Bertz CT molecular complexity index is 548. The average Bonchev–Trinajstić information content (AvgIpc) is 3.06. The van der Waals surface area contributed by atoms with Crippen molar-refractivity contribution in [3.8, 4) is 0 Å². The summed E-state index contributed by atoms with van der Waals surface area (Å²) in [6.45, 7) is 7.09. The van der Waals surface area contributed by atoms with Gasteiger partial charge in [-0.3, -0.25) is 14.5 Å². The van der Waals surface area contributed by atoms with Crippen LogP contribution in [0.15, 0.2) is 0 Å². The van der Waals surface area contributed by atoms with Crippen LogP contribution in [0.25, 0.3) is 0 Å². The first-order valence-electron chi connectivity index (χ1n) is 7.89. The topological polar surface area (TPSA) is 55.8 Å². The molecule has 1 spiro atoms. The largest absolute Gasteiger partial charge is 0.383 e. The molecule has 0 aromatic carbocycles. The number of amides is 2. The number of piperidine rings is 1. The highest BCUT2D eigenvalue weighted by Gasteiger charge is 2.94. The number of hydrogen-bond acceptors (Lipinski definition) is 4. The van der Waals surface area contributed by atoms with Crippen molar-refractivity contribution in [1.29, 1.82) is 0 Å². The first-order valence-corrected chi connectivity index (χ1v) is 7.89. The standard InChI is InChI=1S/C16H23NO4/c1-9-5-6-14(2)16-10(11(16)15(9,3)21-14)12(18)17(13(16)19)7-8-20-4/h9-11H,5-8H2,1-4H3. The molecule has 0 aromatic heterocycles. The van der Waals surface area contributed by atoms with Gasteiger partial charge in [-0.15, -0.1) is 0 Å². The zero-order chi connectivity index (χ0) is 15.2. The predicted octanol–water partition coefficient (Wildman–Crippen LogP) is 1.21. The smallest absolute Gasteiger partial charge is 0.239 e. The summed E-state index contributed by atoms with van der Waals surface area (Å²) in [6.07, 6.45) is 1.94. The number of methoxy groups -OCH3 is 1. The monoisotopic (exact) mass is 293 g/mol. The van der Waals surface area contributed by atoms with E-state index >= 15 is 0 Å². The minimum absolute atomic E-state index is 0.00287. The molecule has 2 amide bonds. The van der Waals surface area contributed by atoms with E-state index in [2.05, 4.69) is 13.8 Å². The molecule has 4 rings (SSSR count). The SMILES string of the molecule is COCCN1C(=O)C2C3C4(C)OC(C)(CCC4C)C23C1=O. The van der Waals surface area contributed by atoms with Crippen LogP contribution in [0, 0.1) is 23.2 Å². The van der Waals surface area contributed by atoms with Crippen molar-refractivity contribution in [3.63, 3.8) is 0 Å². The van der Waals surface area contributed by atoms with E-state index in [0.29, 0.717) is 19.1 Å². The summed E-state index contributed by atoms with van der Waals surface area (Å²) in [5.74, 6) is 0.296. The summed E-state index contributed by atoms with van der Waals surface area (Å²) in [5.41, 5.74) is -1.38. The van der Waals surface area contributed by atoms with Crippen molar-refractivity contribution < 1.29 is 19.1 Å². The molecule has 116 valence electrons. The van der Waals surface area contributed by atoms with Gasteiger partial charge >= 0.3 is 0 Å². The van der Waals surface area contributed by atoms with Crippen LogP contribution in [-0.2, 0) is 19.1 Å². The fourth-order valence-electron chi connectivity index (χ4n) is 5.62. The van der Waals surface area contributed by atoms with Crippen LogP contribution in [0.4, 0.5) is 0 Å². The minimum Gasteiger partial charge on any atom is -0.383 e. The third kappa shape index (κ3) is 1.20. The zero-order valence-corrected chi connectivity index (χ0v) is 13.1. The Balaban J connectivity index is 1.75. The number of ether oxygens (including phenoxy) is 2. The van der Waals surface area contributed by atoms with Crippen molar-refractivity contribution in [2.24, 2.45) is 23.2 Å². The van der Waals surface area contributed by atoms with Crippen molar-refractivity contribution in [3.05, 3.63) is 0 Å². The first kappa shape index (κ1) is 13.7. The summed E-state index contributed by atoms with van der Waals surface area (Å²) < 4.78 is 11.4. The Hall–Kier alpha value is -0.940. The Kier molecular flexibility index (Phi) is 2.41. The Labute approximate surface area is 125 Å². The molecule has 21 heavy (non-hydrogen) atoms. The fraction of sp³-hybridized carbons (Fsp3) is 0.875. The van der Waals surface area contributed by atoms with Gasteiger partial charge in [0.25, 0.3) is 0 Å². The van der Waals surface area contributed by atoms with Crippen molar-refractivity contribution >= 4 is 11.8 Å². The van der Waals surface area contributed by atoms with Gasteiger partial charge < -0.3 is 9.47 Å². The highest BCUT2D eigenvalue weighted by atomic mass is 16.5. The van der Waals surface area contributed by atoms with Gasteiger partial charge in [-0.25, -0.2) is 0 Å². The van der Waals surface area contributed by atoms with E-state index < -0.39 is 11.0 Å². The van der Waals surface area contributed by atoms with Crippen molar-refractivity contribution in [2.75, 3.05) is 20.3 Å². The maximum atomic E-state index is 13.0. The predicted molar refractivity (Wildman–Crippen MR) is 74.3 cm³/mol. The molecule has 5 heteroatoms. The summed E-state index contributed by atoms with van der Waals surface area (Å²) in [7, 11) is 1.59. The maximum Gasteiger partial charge on any atom is 0.239 e. The molecule has 0 radical (unpaired) electrons. The summed E-state index contributed by atoms with van der Waals surface area (Å²) in [6, 6.07) is 0. The maximum absolute atomic E-state index is 13.0. The van der Waals surface area contributed by atoms with Crippen LogP contribution in [0.2, 0.25) is 0 Å². The number of fused-ring (bicyclic) bond motifs is 4. The molecule has 6 unspecified atom stereocenters. The molecule has 2 bridgehead atoms. The molecule has 4 fully saturated rings. The van der Waals surface area contributed by atoms with Gasteiger partial charge in [0.15, 0.2) is 0 Å². The summed E-state index contributed by atoms with van der Waals surface area (Å²) >= 11 is 0. The minimum atomic E-state index is -0.586. The van der Waals surface area contributed by atoms with Crippen LogP contribution in [0.1, 0.15) is 33.6 Å². The molecule has 3 aliphatic heterocycles. The van der Waals surface area contributed by atoms with Gasteiger partial charge in [0.2, 0.25) is 11.8 Å². The van der Waals surface area contributed by atoms with E-state index in [9.17, 15) is 9.59 Å². The van der Waals surface area contributed by atoms with Gasteiger partial charge in [0.05, 0.1) is 35.7 Å². The van der Waals surface area contributed by atoms with Gasteiger partial charge in [-0.1, -0.05) is 6.92 Å². The van der Waals surface area contributed by atoms with Gasteiger partial charge in [0.1, 0.15) is 0 Å². The van der Waals surface area contributed by atoms with E-state index in [1.807, 2.05) is 6.92 Å². The normalized spacial score (nSPS) is 53.9. The summed E-state index contributed by atoms with van der Waals surface area (Å²) in [4.78, 5) is 27.1. The van der Waals surface area contributed by atoms with Crippen LogP contribution >= 0.6 is 0 Å². The Morgan fingerprint density at radius 3 is 2.76 bits per heavy atom. The Morgan fingerprint density at radius 1 is 1.38 bits per heavy atom. The van der Waals surface area contributed by atoms with Crippen LogP contribution in [-0.4, -0.2) is 48.2 Å². The van der Waals surface area contributed by atoms with Gasteiger partial charge in [-0.2, -0.15) is 0 Å². The number of nitrogens with zero attached hydrogens (tertiary/aromatic N) is 1. The molecule has 5 nitrogen and oxygen atoms in total. The lowest BCUT2D eigenvalue weighted by atomic mass is 9.78. The molecular weight excluding hydrogens is 270 g/mol. The molecule has 0 N–H and O–H groups in total. The second-order valence-corrected chi connectivity index (χ2v) is 7.57. The number of rotatable bonds is 3. The highest BCUT2D eigenvalue weighted by molar-refractivity contribution is 6.13. The zero-order valence-electron chi connectivity index (χ0n) is 13.1. The summed E-state index contributed by atoms with van der Waals surface area (Å²) in [5, 5.41) is 0. The lowest BCUT2D eigenvalue weighted by molar-refractivity contribution is -0.190. The molecule has 1 saturated carbocycles. The van der Waals surface area contributed by atoms with E-state index in [4.69, 9.17) is 9.47 Å². The molecule has 3 heterocycles. The van der Waals surface area contributed by atoms with Crippen LogP contribution < -0.4 is 0 Å². The molecule has 0 aromatic rings. The van der Waals surface area contributed by atoms with E-state index in [1.165, 1.54) is 4.90 Å². The number of hydrogen-bond donors (Lipinski definition) is 0. The lowest BCUT2D eigenvalue weighted by Gasteiger charge is -2.45. The first-order chi connectivity index (χ1) is 9.84. The number of likely N-dealkylation sites (tertiary alicyclic amines) is 1. The van der Waals surface area contributed by atoms with Crippen molar-refractivity contribution in [2.45, 2.75) is 44.8 Å². The second kappa shape index (κ2) is 3.69. The van der Waals surface area contributed by atoms with Crippen LogP contribution in [0.3, 0.4) is 0 Å². The van der Waals surface area contributed by atoms with Crippen molar-refractivity contribution in [1.82, 2.24) is 4.90 Å². The molecule has 1 aliphatic carbocycles. The quantitative estimate of drug-likeness (QED) is 0.734. The third-order valence-corrected chi connectivity index (χ3v) is 6.83. The number of carbonyl (C=O) groups excluding carboxylic acids is 2. The molecule has 4 aliphatic rings. The van der Waals surface area contributed by atoms with Crippen LogP contribution in [0.5, 0.6) is 0 Å². The van der Waals surface area contributed by atoms with Gasteiger partial charge in [-0.05, 0) is 32.6 Å². The second-order valence-electron chi connectivity index (χ2n) is 7.57. The molecular formula is C16H23NO4. The van der Waals surface area contributed by atoms with E-state index in [0.717, 1.165) is 12.8 Å². The molecule has 3 saturated heterocycles. The lowest BCUT2D eigenvalue weighted by Crippen LogP contribution is -2.50. The average molecular weight is 293 g/mol. The Morgan fingerprint density at radius 2 is 2.10 bits per heavy atom. The number of imide groups is 1. The highest BCUT2D eigenvalue weighted by Crippen LogP contribution is 2.82. The van der Waals surface area contributed by atoms with Gasteiger partial charge in [0, 0.05) is 13.0 Å². The molecule has 6 atom stereocenters. The number of carbonyl (C=O) groups is 2. The fourth-order valence-corrected chi connectivity index (χ4v) is 5.62. The van der Waals surface area contributed by atoms with E-state index in [1.54, 1.807) is 7.11 Å². The third-order valence-electron chi connectivity index (χ3n) is 6.83.